The molecule has 0 unspecified atom stereocenters. The van der Waals surface area contributed by atoms with Crippen LogP contribution in [0.15, 0.2) is 42.6 Å². The smallest absolute Gasteiger partial charge is 0.406 e. The van der Waals surface area contributed by atoms with Gasteiger partial charge in [-0.05, 0) is 83.4 Å². The number of rotatable bonds is 8. The number of carbonyl (C=O) groups is 1. The fourth-order valence-corrected chi connectivity index (χ4v) is 7.08. The normalized spacial score (nSPS) is 17.9. The Bertz CT molecular complexity index is 1560. The first-order valence-corrected chi connectivity index (χ1v) is 15.2. The van der Waals surface area contributed by atoms with Crippen LogP contribution in [-0.2, 0) is 19.5 Å². The molecule has 0 bridgehead atoms. The monoisotopic (exact) mass is 614 g/mol. The van der Waals surface area contributed by atoms with Gasteiger partial charge in [-0.3, -0.25) is 14.4 Å². The van der Waals surface area contributed by atoms with E-state index in [-0.39, 0.29) is 23.7 Å². The van der Waals surface area contributed by atoms with Crippen LogP contribution in [0.4, 0.5) is 13.2 Å². The summed E-state index contributed by atoms with van der Waals surface area (Å²) in [6.07, 6.45) is -2.21. The average molecular weight is 615 g/mol. The third-order valence-electron chi connectivity index (χ3n) is 8.16. The van der Waals surface area contributed by atoms with Crippen molar-refractivity contribution in [2.45, 2.75) is 79.5 Å². The predicted molar refractivity (Wildman–Crippen MR) is 160 cm³/mol. The maximum atomic E-state index is 14.0. The molecule has 5 rings (SSSR count). The van der Waals surface area contributed by atoms with Crippen LogP contribution < -0.4 is 4.74 Å². The first-order valence-electron chi connectivity index (χ1n) is 14.3. The number of nitrogens with zero attached hydrogens (tertiary/aromatic N) is 6. The lowest BCUT2D eigenvalue weighted by Gasteiger charge is -2.44. The molecule has 1 fully saturated rings. The van der Waals surface area contributed by atoms with Crippen LogP contribution in [-0.4, -0.2) is 66.8 Å². The number of aryl methyl sites for hydroxylation is 5. The van der Waals surface area contributed by atoms with E-state index >= 15 is 0 Å². The maximum absolute atomic E-state index is 14.0. The molecule has 4 aromatic rings. The van der Waals surface area contributed by atoms with Crippen molar-refractivity contribution in [3.8, 4) is 10.8 Å². The number of hydrogen-bond acceptors (Lipinski definition) is 6. The molecule has 0 radical (unpaired) electrons. The highest BCUT2D eigenvalue weighted by Gasteiger charge is 2.35. The highest BCUT2D eigenvalue weighted by Crippen LogP contribution is 2.35. The Morgan fingerprint density at radius 3 is 2.23 bits per heavy atom. The van der Waals surface area contributed by atoms with Gasteiger partial charge in [0.2, 0.25) is 0 Å². The van der Waals surface area contributed by atoms with Crippen LogP contribution in [0.5, 0.6) is 5.75 Å². The van der Waals surface area contributed by atoms with E-state index in [0.717, 1.165) is 43.7 Å². The Hall–Kier alpha value is -3.64. The van der Waals surface area contributed by atoms with Crippen molar-refractivity contribution in [2.75, 3.05) is 13.1 Å². The second-order valence-electron chi connectivity index (χ2n) is 11.4. The summed E-state index contributed by atoms with van der Waals surface area (Å²) in [5, 5.41) is 9.61. The molecular weight excluding hydrogens is 577 g/mol. The van der Waals surface area contributed by atoms with E-state index in [1.807, 2.05) is 18.0 Å². The lowest BCUT2D eigenvalue weighted by molar-refractivity contribution is -0.274. The number of thiophene rings is 1. The predicted octanol–water partition coefficient (Wildman–Crippen LogP) is 6.24. The van der Waals surface area contributed by atoms with Crippen molar-refractivity contribution in [1.82, 2.24) is 29.4 Å². The molecule has 4 heterocycles. The molecule has 12 heteroatoms. The molecule has 0 saturated carbocycles. The first-order chi connectivity index (χ1) is 20.3. The van der Waals surface area contributed by atoms with Gasteiger partial charge in [0, 0.05) is 60.7 Å². The number of carbonyl (C=O) groups excluding carboxylic acids is 1. The molecule has 1 amide bonds. The Kier molecular flexibility index (Phi) is 8.71. The third kappa shape index (κ3) is 6.80. The summed E-state index contributed by atoms with van der Waals surface area (Å²) < 4.78 is 45.1. The average Bonchev–Trinajstić information content (AvgIpc) is 3.61. The number of hydrogen-bond donors (Lipinski definition) is 0. The number of aromatic nitrogens is 4. The lowest BCUT2D eigenvalue weighted by atomic mass is 10.0. The van der Waals surface area contributed by atoms with Gasteiger partial charge in [-0.1, -0.05) is 17.3 Å². The number of halogens is 3. The van der Waals surface area contributed by atoms with Crippen molar-refractivity contribution < 1.29 is 22.7 Å². The number of benzene rings is 1. The Morgan fingerprint density at radius 2 is 1.63 bits per heavy atom. The molecule has 1 aromatic carbocycles. The van der Waals surface area contributed by atoms with Crippen LogP contribution >= 0.6 is 11.3 Å². The number of alkyl halides is 3. The second-order valence-corrected chi connectivity index (χ2v) is 12.6. The minimum Gasteiger partial charge on any atom is -0.406 e. The van der Waals surface area contributed by atoms with Crippen molar-refractivity contribution in [2.24, 2.45) is 0 Å². The molecule has 1 saturated heterocycles. The van der Waals surface area contributed by atoms with E-state index in [1.165, 1.54) is 12.1 Å². The summed E-state index contributed by atoms with van der Waals surface area (Å²) in [7, 11) is 0. The van der Waals surface area contributed by atoms with Gasteiger partial charge in [0.05, 0.1) is 11.3 Å². The SMILES string of the molecule is Cc1sc(-n2c(C)ccc2C)c(C(=O)N2C[C@@H](C)N(Cc3cn(CCc4ccc(OC(F)(F)F)cc4)nn3)[C@@H](C)C2)c1C. The van der Waals surface area contributed by atoms with Crippen LogP contribution in [0.2, 0.25) is 0 Å². The van der Waals surface area contributed by atoms with Gasteiger partial charge in [0.25, 0.3) is 5.91 Å². The Labute approximate surface area is 253 Å². The molecule has 1 aliphatic heterocycles. The third-order valence-corrected chi connectivity index (χ3v) is 9.35. The second kappa shape index (κ2) is 12.2. The van der Waals surface area contributed by atoms with E-state index in [9.17, 15) is 18.0 Å². The molecule has 0 spiro atoms. The summed E-state index contributed by atoms with van der Waals surface area (Å²) >= 11 is 1.67. The van der Waals surface area contributed by atoms with Crippen molar-refractivity contribution in [3.05, 3.63) is 81.2 Å². The van der Waals surface area contributed by atoms with Gasteiger partial charge in [-0.25, -0.2) is 0 Å². The Balaban J connectivity index is 1.21. The minimum absolute atomic E-state index is 0.0756. The number of amides is 1. The summed E-state index contributed by atoms with van der Waals surface area (Å²) in [4.78, 5) is 19.5. The number of ether oxygens (including phenoxy) is 1. The summed E-state index contributed by atoms with van der Waals surface area (Å²) in [6.45, 7) is 14.9. The molecule has 1 aliphatic rings. The van der Waals surface area contributed by atoms with E-state index in [4.69, 9.17) is 0 Å². The van der Waals surface area contributed by atoms with Crippen molar-refractivity contribution >= 4 is 17.2 Å². The first kappa shape index (κ1) is 30.8. The Morgan fingerprint density at radius 1 is 1.00 bits per heavy atom. The lowest BCUT2D eigenvalue weighted by Crippen LogP contribution is -2.57. The maximum Gasteiger partial charge on any atom is 0.573 e. The molecular formula is C31H37F3N6O2S. The van der Waals surface area contributed by atoms with Gasteiger partial charge in [-0.15, -0.1) is 29.6 Å². The fourth-order valence-electron chi connectivity index (χ4n) is 5.81. The van der Waals surface area contributed by atoms with E-state index in [0.29, 0.717) is 32.6 Å². The molecule has 0 aliphatic carbocycles. The zero-order valence-corrected chi connectivity index (χ0v) is 26.1. The van der Waals surface area contributed by atoms with Crippen LogP contribution in [0.3, 0.4) is 0 Å². The highest BCUT2D eigenvalue weighted by molar-refractivity contribution is 7.15. The quantitative estimate of drug-likeness (QED) is 0.235. The topological polar surface area (TPSA) is 68.4 Å². The minimum atomic E-state index is -4.71. The van der Waals surface area contributed by atoms with E-state index < -0.39 is 6.36 Å². The van der Waals surface area contributed by atoms with Gasteiger partial charge in [-0.2, -0.15) is 0 Å². The molecule has 43 heavy (non-hydrogen) atoms. The van der Waals surface area contributed by atoms with Crippen molar-refractivity contribution in [1.29, 1.82) is 0 Å². The number of piperazine rings is 1. The largest absolute Gasteiger partial charge is 0.573 e. The summed E-state index contributed by atoms with van der Waals surface area (Å²) in [5.74, 6) is -0.164. The van der Waals surface area contributed by atoms with Gasteiger partial charge in [0.1, 0.15) is 10.8 Å². The molecule has 2 atom stereocenters. The zero-order chi connectivity index (χ0) is 31.1. The standard InChI is InChI=1S/C31H37F3N6O2S/c1-19-7-8-20(2)40(19)30-28(23(5)24(6)43-30)29(41)37-15-21(3)39(22(4)16-37)18-26-17-38(36-35-26)14-13-25-9-11-27(12-10-25)42-31(32,33)34/h7-12,17,21-22H,13-16,18H2,1-6H3/t21-,22+. The van der Waals surface area contributed by atoms with Gasteiger partial charge in [0.15, 0.2) is 0 Å². The zero-order valence-electron chi connectivity index (χ0n) is 25.3. The van der Waals surface area contributed by atoms with Crippen LogP contribution in [0.25, 0.3) is 5.00 Å². The molecule has 230 valence electrons. The van der Waals surface area contributed by atoms with Crippen LogP contribution in [0, 0.1) is 27.7 Å². The molecule has 0 N–H and O–H groups in total. The van der Waals surface area contributed by atoms with Crippen molar-refractivity contribution in [3.63, 3.8) is 0 Å². The highest BCUT2D eigenvalue weighted by atomic mass is 32.1. The summed E-state index contributed by atoms with van der Waals surface area (Å²) in [5.41, 5.74) is 5.76. The molecule has 3 aromatic heterocycles. The molecule has 8 nitrogen and oxygen atoms in total. The summed E-state index contributed by atoms with van der Waals surface area (Å²) in [6, 6.07) is 10.3. The fraction of sp³-hybridized carbons (Fsp3) is 0.452. The van der Waals surface area contributed by atoms with E-state index in [1.54, 1.807) is 28.2 Å². The van der Waals surface area contributed by atoms with Gasteiger partial charge >= 0.3 is 6.36 Å². The van der Waals surface area contributed by atoms with E-state index in [2.05, 4.69) is 71.3 Å². The van der Waals surface area contributed by atoms with Crippen LogP contribution in [0.1, 0.15) is 57.3 Å². The van der Waals surface area contributed by atoms with Gasteiger partial charge < -0.3 is 14.2 Å².